The molecule has 0 saturated heterocycles. The van der Waals surface area contributed by atoms with Crippen LogP contribution in [0, 0.1) is 0 Å². The van der Waals surface area contributed by atoms with Gasteiger partial charge in [-0.1, -0.05) is 6.58 Å². The Hall–Kier alpha value is -0.193. The SMILES string of the molecule is C=COC(C)=O.[H-].[Li+]. The number of rotatable bonds is 1. The molecule has 0 saturated carbocycles. The molecule has 0 rings (SSSR count). The van der Waals surface area contributed by atoms with Gasteiger partial charge in [-0.05, 0) is 0 Å². The number of hydrogen-bond acceptors (Lipinski definition) is 2. The summed E-state index contributed by atoms with van der Waals surface area (Å²) in [6, 6.07) is 0. The zero-order chi connectivity index (χ0) is 4.99. The van der Waals surface area contributed by atoms with Crippen molar-refractivity contribution in [1.29, 1.82) is 0 Å². The summed E-state index contributed by atoms with van der Waals surface area (Å²) in [5.41, 5.74) is 0. The predicted octanol–water partition coefficient (Wildman–Crippen LogP) is -2.19. The van der Waals surface area contributed by atoms with Crippen molar-refractivity contribution in [3.8, 4) is 0 Å². The smallest absolute Gasteiger partial charge is 1.00 e. The average molecular weight is 94.0 g/mol. The van der Waals surface area contributed by atoms with E-state index in [0.717, 1.165) is 6.26 Å². The van der Waals surface area contributed by atoms with E-state index in [-0.39, 0.29) is 26.3 Å². The molecular formula is C4H7LiO2. The fourth-order valence-corrected chi connectivity index (χ4v) is 0.117. The van der Waals surface area contributed by atoms with E-state index in [1.165, 1.54) is 6.92 Å². The Bertz CT molecular complexity index is 74.4. The summed E-state index contributed by atoms with van der Waals surface area (Å²) in [6.07, 6.45) is 1.10. The number of ether oxygens (including phenoxy) is 1. The van der Waals surface area contributed by atoms with Crippen LogP contribution in [0.2, 0.25) is 0 Å². The maximum atomic E-state index is 9.75. The average Bonchev–Trinajstić information content (AvgIpc) is 1.35. The van der Waals surface area contributed by atoms with Crippen LogP contribution in [-0.4, -0.2) is 5.97 Å². The molecule has 0 fully saturated rings. The van der Waals surface area contributed by atoms with Crippen molar-refractivity contribution >= 4 is 5.97 Å². The molecule has 0 heterocycles. The van der Waals surface area contributed by atoms with Crippen LogP contribution < -0.4 is 18.9 Å². The normalized spacial score (nSPS) is 5.86. The Morgan fingerprint density at radius 2 is 2.43 bits per heavy atom. The van der Waals surface area contributed by atoms with Crippen molar-refractivity contribution in [3.05, 3.63) is 12.8 Å². The van der Waals surface area contributed by atoms with Crippen LogP contribution >= 0.6 is 0 Å². The third-order valence-electron chi connectivity index (χ3n) is 0.249. The molecule has 2 nitrogen and oxygen atoms in total. The molecule has 0 bridgehead atoms. The number of hydrogen-bond donors (Lipinski definition) is 0. The molecule has 0 aliphatic heterocycles. The molecule has 0 aliphatic rings. The van der Waals surface area contributed by atoms with Gasteiger partial charge in [-0.3, -0.25) is 4.79 Å². The van der Waals surface area contributed by atoms with Crippen molar-refractivity contribution in [3.63, 3.8) is 0 Å². The molecule has 0 aliphatic carbocycles. The molecule has 0 aromatic heterocycles. The molecule has 0 unspecified atom stereocenters. The van der Waals surface area contributed by atoms with Crippen LogP contribution in [0.25, 0.3) is 0 Å². The summed E-state index contributed by atoms with van der Waals surface area (Å²) >= 11 is 0. The second-order valence-electron chi connectivity index (χ2n) is 0.776. The van der Waals surface area contributed by atoms with E-state index in [1.807, 2.05) is 0 Å². The quantitative estimate of drug-likeness (QED) is 0.209. The topological polar surface area (TPSA) is 26.3 Å². The molecule has 0 atom stereocenters. The van der Waals surface area contributed by atoms with E-state index in [4.69, 9.17) is 0 Å². The summed E-state index contributed by atoms with van der Waals surface area (Å²) in [5.74, 6) is -0.329. The molecule has 0 radical (unpaired) electrons. The Labute approximate surface area is 56.2 Å². The molecule has 0 spiro atoms. The molecule has 0 N–H and O–H groups in total. The van der Waals surface area contributed by atoms with E-state index in [0.29, 0.717) is 0 Å². The van der Waals surface area contributed by atoms with Crippen LogP contribution in [0.15, 0.2) is 12.8 Å². The molecule has 0 aromatic carbocycles. The minimum Gasteiger partial charge on any atom is -1.00 e. The van der Waals surface area contributed by atoms with Crippen molar-refractivity contribution in [2.75, 3.05) is 0 Å². The van der Waals surface area contributed by atoms with Gasteiger partial charge in [0.05, 0.1) is 6.26 Å². The summed E-state index contributed by atoms with van der Waals surface area (Å²) in [7, 11) is 0. The first-order valence-electron chi connectivity index (χ1n) is 1.55. The van der Waals surface area contributed by atoms with E-state index >= 15 is 0 Å². The second kappa shape index (κ2) is 5.81. The van der Waals surface area contributed by atoms with Gasteiger partial charge in [-0.15, -0.1) is 0 Å². The molecule has 7 heavy (non-hydrogen) atoms. The minimum atomic E-state index is -0.329. The summed E-state index contributed by atoms with van der Waals surface area (Å²) in [5, 5.41) is 0. The number of carbonyl (C=O) groups excluding carboxylic acids is 1. The van der Waals surface area contributed by atoms with Gasteiger partial charge in [0.15, 0.2) is 0 Å². The third kappa shape index (κ3) is 10.7. The fourth-order valence-electron chi connectivity index (χ4n) is 0.117. The zero-order valence-corrected chi connectivity index (χ0v) is 4.60. The maximum Gasteiger partial charge on any atom is 1.00 e. The Balaban J connectivity index is -0.000000125. The standard InChI is InChI=1S/C4H6O2.Li.H/c1-3-6-4(2)5;;/h3H,1H2,2H3;;/q;+1;-1. The first kappa shape index (κ1) is 9.93. The predicted molar refractivity (Wildman–Crippen MR) is 23.1 cm³/mol. The van der Waals surface area contributed by atoms with Crippen molar-refractivity contribution < 1.29 is 29.8 Å². The Morgan fingerprint density at radius 3 is 2.43 bits per heavy atom. The van der Waals surface area contributed by atoms with Crippen LogP contribution in [-0.2, 0) is 9.53 Å². The van der Waals surface area contributed by atoms with Crippen LogP contribution in [0.4, 0.5) is 0 Å². The van der Waals surface area contributed by atoms with Gasteiger partial charge >= 0.3 is 24.8 Å². The van der Waals surface area contributed by atoms with E-state index in [2.05, 4.69) is 11.3 Å². The summed E-state index contributed by atoms with van der Waals surface area (Å²) in [6.45, 7) is 4.48. The van der Waals surface area contributed by atoms with Gasteiger partial charge in [0.25, 0.3) is 0 Å². The van der Waals surface area contributed by atoms with Crippen molar-refractivity contribution in [2.45, 2.75) is 6.92 Å². The molecular weight excluding hydrogens is 87.0 g/mol. The fraction of sp³-hybridized carbons (Fsp3) is 0.250. The zero-order valence-electron chi connectivity index (χ0n) is 5.60. The van der Waals surface area contributed by atoms with E-state index in [9.17, 15) is 4.79 Å². The maximum absolute atomic E-state index is 9.75. The molecule has 0 amide bonds. The van der Waals surface area contributed by atoms with Gasteiger partial charge in [0.1, 0.15) is 0 Å². The van der Waals surface area contributed by atoms with Gasteiger partial charge < -0.3 is 6.16 Å². The van der Waals surface area contributed by atoms with E-state index < -0.39 is 0 Å². The minimum absolute atomic E-state index is 0. The first-order valence-corrected chi connectivity index (χ1v) is 1.55. The Kier molecular flexibility index (Phi) is 8.24. The van der Waals surface area contributed by atoms with Crippen LogP contribution in [0.3, 0.4) is 0 Å². The summed E-state index contributed by atoms with van der Waals surface area (Å²) < 4.78 is 4.17. The van der Waals surface area contributed by atoms with Gasteiger partial charge in [-0.2, -0.15) is 0 Å². The summed E-state index contributed by atoms with van der Waals surface area (Å²) in [4.78, 5) is 9.75. The van der Waals surface area contributed by atoms with E-state index in [1.54, 1.807) is 0 Å². The molecule has 3 heteroatoms. The first-order chi connectivity index (χ1) is 2.77. The molecule has 36 valence electrons. The monoisotopic (exact) mass is 94.1 g/mol. The van der Waals surface area contributed by atoms with Gasteiger partial charge in [0, 0.05) is 6.92 Å². The van der Waals surface area contributed by atoms with Gasteiger partial charge in [-0.25, -0.2) is 0 Å². The largest absolute Gasteiger partial charge is 1.00 e. The Morgan fingerprint density at radius 1 is 2.00 bits per heavy atom. The second-order valence-corrected chi connectivity index (χ2v) is 0.776. The molecule has 0 aromatic rings. The third-order valence-corrected chi connectivity index (χ3v) is 0.249. The van der Waals surface area contributed by atoms with Crippen molar-refractivity contribution in [1.82, 2.24) is 0 Å². The van der Waals surface area contributed by atoms with Crippen LogP contribution in [0.5, 0.6) is 0 Å². The van der Waals surface area contributed by atoms with Crippen LogP contribution in [0.1, 0.15) is 8.35 Å². The van der Waals surface area contributed by atoms with Crippen molar-refractivity contribution in [2.24, 2.45) is 0 Å². The number of carbonyl (C=O) groups is 1. The number of esters is 1. The van der Waals surface area contributed by atoms with Gasteiger partial charge in [0.2, 0.25) is 0 Å².